The zero-order chi connectivity index (χ0) is 40.3. The van der Waals surface area contributed by atoms with Crippen molar-refractivity contribution in [3.8, 4) is 11.5 Å². The number of imidazole rings is 1. The van der Waals surface area contributed by atoms with Crippen LogP contribution in [0.1, 0.15) is 74.1 Å². The number of Topliss-reactive ketones (excluding diaryl/α,β-unsaturated/α-hetero) is 1. The quantitative estimate of drug-likeness (QED) is 0.0824. The van der Waals surface area contributed by atoms with Crippen molar-refractivity contribution in [1.29, 1.82) is 0 Å². The van der Waals surface area contributed by atoms with E-state index in [1.807, 2.05) is 0 Å². The maximum absolute atomic E-state index is 13.6. The molecule has 2 aliphatic heterocycles. The Kier molecular flexibility index (Phi) is 11.5. The molecule has 18 nitrogen and oxygen atoms in total. The zero-order valence-electron chi connectivity index (χ0n) is 31.6. The van der Waals surface area contributed by atoms with Gasteiger partial charge in [0.2, 0.25) is 5.82 Å². The molecule has 5 N–H and O–H groups in total. The van der Waals surface area contributed by atoms with Crippen LogP contribution in [0.25, 0.3) is 0 Å². The standard InChI is InChI=1S/C38H45N9O9/c1-6-13-56-38(53)47-26-18-31(30(54-5)17-24(26)36(51)46-12-9-10-25(46)37(47)52)55-14-8-7-11-29(48)27-16-23(20-44(27)3)40-35(50)33-41-32(21-45(33)4)42-34(49)28-15-22(39)19-43(28)2/h6,15-21,25,37,52H,1,7-14,39H2,2-5H3,(H,40,50)(H,42,49)/t25-,37-/m0/s1. The summed E-state index contributed by atoms with van der Waals surface area (Å²) in [7, 11) is 6.44. The number of nitrogens with zero attached hydrogens (tertiary/aromatic N) is 6. The van der Waals surface area contributed by atoms with Gasteiger partial charge in [0.15, 0.2) is 29.3 Å². The van der Waals surface area contributed by atoms with Crippen LogP contribution < -0.4 is 30.7 Å². The molecule has 18 heteroatoms. The topological polar surface area (TPSA) is 218 Å². The number of nitrogen functional groups attached to an aromatic ring is 1. The number of nitrogens with two attached hydrogens (primary N) is 1. The summed E-state index contributed by atoms with van der Waals surface area (Å²) in [6.45, 7) is 4.10. The number of ether oxygens (including phenoxy) is 3. The van der Waals surface area contributed by atoms with E-state index < -0.39 is 30.2 Å². The number of anilines is 4. The van der Waals surface area contributed by atoms with Crippen molar-refractivity contribution in [2.24, 2.45) is 21.1 Å². The van der Waals surface area contributed by atoms with E-state index in [1.165, 1.54) is 42.1 Å². The number of hydrogen-bond donors (Lipinski definition) is 4. The van der Waals surface area contributed by atoms with Gasteiger partial charge in [-0.25, -0.2) is 14.7 Å². The monoisotopic (exact) mass is 771 g/mol. The van der Waals surface area contributed by atoms with Crippen molar-refractivity contribution in [3.63, 3.8) is 0 Å². The van der Waals surface area contributed by atoms with Crippen LogP contribution in [0.4, 0.5) is 27.7 Å². The number of hydrogen-bond acceptors (Lipinski definition) is 11. The summed E-state index contributed by atoms with van der Waals surface area (Å²) in [4.78, 5) is 72.7. The van der Waals surface area contributed by atoms with Crippen LogP contribution in [0.3, 0.4) is 0 Å². The fourth-order valence-corrected chi connectivity index (χ4v) is 6.95. The molecule has 2 atom stereocenters. The predicted molar refractivity (Wildman–Crippen MR) is 205 cm³/mol. The minimum absolute atomic E-state index is 0.0398. The molecule has 3 aromatic heterocycles. The SMILES string of the molecule is C=CCOC(=O)N1c2cc(OCCCCC(=O)c3cc(NC(=O)c4nc(NC(=O)c5cc(N)cn5C)cn4C)cn3C)c(OC)cc2C(=O)N2CCC[C@H]2[C@@H]1O. The maximum Gasteiger partial charge on any atom is 0.416 e. The number of aliphatic hydroxyl groups is 1. The Labute approximate surface area is 322 Å². The minimum Gasteiger partial charge on any atom is -0.493 e. The van der Waals surface area contributed by atoms with Gasteiger partial charge in [0.05, 0.1) is 48.1 Å². The molecule has 1 saturated heterocycles. The number of rotatable bonds is 14. The maximum atomic E-state index is 13.6. The molecule has 56 heavy (non-hydrogen) atoms. The van der Waals surface area contributed by atoms with Gasteiger partial charge in [0.1, 0.15) is 12.3 Å². The second kappa shape index (κ2) is 16.4. The molecule has 4 aromatic rings. The summed E-state index contributed by atoms with van der Waals surface area (Å²) in [5.74, 6) is -0.741. The number of aliphatic hydroxyl groups excluding tert-OH is 1. The average Bonchev–Trinajstić information content (AvgIpc) is 3.95. The number of benzene rings is 1. The molecule has 0 bridgehead atoms. The Bertz CT molecular complexity index is 2190. The van der Waals surface area contributed by atoms with Gasteiger partial charge in [0, 0.05) is 58.8 Å². The van der Waals surface area contributed by atoms with E-state index in [0.29, 0.717) is 55.0 Å². The first-order chi connectivity index (χ1) is 26.8. The van der Waals surface area contributed by atoms with E-state index in [-0.39, 0.29) is 65.7 Å². The van der Waals surface area contributed by atoms with Crippen LogP contribution in [0.2, 0.25) is 0 Å². The Morgan fingerprint density at radius 1 is 0.982 bits per heavy atom. The molecule has 6 rings (SSSR count). The number of carbonyl (C=O) groups excluding carboxylic acids is 5. The summed E-state index contributed by atoms with van der Waals surface area (Å²) < 4.78 is 21.6. The molecule has 0 aliphatic carbocycles. The Morgan fingerprint density at radius 2 is 1.75 bits per heavy atom. The Balaban J connectivity index is 1.05. The molecular weight excluding hydrogens is 726 g/mol. The number of unbranched alkanes of at least 4 members (excludes halogenated alkanes) is 1. The van der Waals surface area contributed by atoms with E-state index >= 15 is 0 Å². The molecule has 2 aliphatic rings. The predicted octanol–water partition coefficient (Wildman–Crippen LogP) is 3.69. The van der Waals surface area contributed by atoms with Crippen molar-refractivity contribution in [2.75, 3.05) is 48.1 Å². The van der Waals surface area contributed by atoms with Gasteiger partial charge in [-0.15, -0.1) is 0 Å². The molecule has 1 aromatic carbocycles. The van der Waals surface area contributed by atoms with E-state index in [1.54, 1.807) is 53.6 Å². The van der Waals surface area contributed by atoms with Gasteiger partial charge in [-0.05, 0) is 43.9 Å². The van der Waals surface area contributed by atoms with Crippen molar-refractivity contribution in [1.82, 2.24) is 23.6 Å². The lowest BCUT2D eigenvalue weighted by molar-refractivity contribution is 0.0496. The summed E-state index contributed by atoms with van der Waals surface area (Å²) in [6, 6.07) is 5.49. The first-order valence-electron chi connectivity index (χ1n) is 18.0. The largest absolute Gasteiger partial charge is 0.493 e. The minimum atomic E-state index is -1.35. The molecule has 4 amide bonds. The second-order valence-electron chi connectivity index (χ2n) is 13.6. The lowest BCUT2D eigenvalue weighted by atomic mass is 10.1. The fraction of sp³-hybridized carbons (Fsp3) is 0.368. The van der Waals surface area contributed by atoms with Gasteiger partial charge < -0.3 is 54.3 Å². The lowest BCUT2D eigenvalue weighted by Gasteiger charge is -2.31. The Hall–Kier alpha value is -6.56. The third-order valence-electron chi connectivity index (χ3n) is 9.65. The number of nitrogens with one attached hydrogen (secondary N) is 2. The van der Waals surface area contributed by atoms with Gasteiger partial charge in [-0.3, -0.25) is 19.2 Å². The lowest BCUT2D eigenvalue weighted by Crippen LogP contribution is -2.50. The molecule has 1 fully saturated rings. The van der Waals surface area contributed by atoms with Crippen LogP contribution in [0, 0.1) is 0 Å². The van der Waals surface area contributed by atoms with Crippen LogP contribution in [-0.2, 0) is 25.9 Å². The summed E-state index contributed by atoms with van der Waals surface area (Å²) in [6.07, 6.45) is 6.29. The zero-order valence-corrected chi connectivity index (χ0v) is 31.6. The highest BCUT2D eigenvalue weighted by Crippen LogP contribution is 2.41. The highest BCUT2D eigenvalue weighted by atomic mass is 16.6. The summed E-state index contributed by atoms with van der Waals surface area (Å²) in [5.41, 5.74) is 7.61. The number of aromatic nitrogens is 4. The Morgan fingerprint density at radius 3 is 2.46 bits per heavy atom. The van der Waals surface area contributed by atoms with Crippen molar-refractivity contribution < 1.29 is 43.3 Å². The van der Waals surface area contributed by atoms with Crippen molar-refractivity contribution in [3.05, 3.63) is 78.3 Å². The number of fused-ring (bicyclic) bond motifs is 2. The number of carbonyl (C=O) groups is 5. The third-order valence-corrected chi connectivity index (χ3v) is 9.65. The molecule has 0 saturated carbocycles. The highest BCUT2D eigenvalue weighted by molar-refractivity contribution is 6.07. The molecule has 0 radical (unpaired) electrons. The fourth-order valence-electron chi connectivity index (χ4n) is 6.95. The van der Waals surface area contributed by atoms with Crippen LogP contribution in [0.5, 0.6) is 11.5 Å². The van der Waals surface area contributed by atoms with Crippen molar-refractivity contribution >= 4 is 52.5 Å². The first-order valence-corrected chi connectivity index (χ1v) is 18.0. The van der Waals surface area contributed by atoms with Gasteiger partial charge in [-0.1, -0.05) is 12.7 Å². The summed E-state index contributed by atoms with van der Waals surface area (Å²) >= 11 is 0. The third kappa shape index (κ3) is 7.95. The first kappa shape index (κ1) is 39.1. The van der Waals surface area contributed by atoms with Crippen LogP contribution >= 0.6 is 0 Å². The molecule has 0 spiro atoms. The van der Waals surface area contributed by atoms with Crippen LogP contribution in [-0.4, -0.2) is 97.4 Å². The normalized spacial score (nSPS) is 16.1. The number of methoxy groups -OCH3 is 1. The van der Waals surface area contributed by atoms with Gasteiger partial charge in [0.25, 0.3) is 17.7 Å². The summed E-state index contributed by atoms with van der Waals surface area (Å²) in [5, 5.41) is 16.7. The number of amides is 4. The van der Waals surface area contributed by atoms with Gasteiger partial charge >= 0.3 is 6.09 Å². The highest BCUT2D eigenvalue weighted by Gasteiger charge is 2.45. The molecule has 296 valence electrons. The number of ketones is 1. The smallest absolute Gasteiger partial charge is 0.416 e. The van der Waals surface area contributed by atoms with E-state index in [2.05, 4.69) is 22.2 Å². The molecular formula is C38H45N9O9. The van der Waals surface area contributed by atoms with Crippen LogP contribution in [0.15, 0.2) is 55.5 Å². The van der Waals surface area contributed by atoms with E-state index in [9.17, 15) is 29.1 Å². The van der Waals surface area contributed by atoms with E-state index in [0.717, 1.165) is 4.90 Å². The van der Waals surface area contributed by atoms with Crippen molar-refractivity contribution in [2.45, 2.75) is 44.4 Å². The van der Waals surface area contributed by atoms with Gasteiger partial charge in [-0.2, -0.15) is 0 Å². The average molecular weight is 772 g/mol. The number of aryl methyl sites for hydroxylation is 3. The molecule has 0 unspecified atom stereocenters. The second-order valence-corrected chi connectivity index (χ2v) is 13.6. The molecule has 5 heterocycles. The van der Waals surface area contributed by atoms with E-state index in [4.69, 9.17) is 19.9 Å².